The number of benzene rings is 8. The van der Waals surface area contributed by atoms with Gasteiger partial charge < -0.3 is 13.9 Å². The van der Waals surface area contributed by atoms with Gasteiger partial charge in [-0.1, -0.05) is 84.9 Å². The summed E-state index contributed by atoms with van der Waals surface area (Å²) in [5, 5.41) is 7.35. The predicted molar refractivity (Wildman–Crippen MR) is 219 cm³/mol. The standard InChI is InChI=1S/C47H29N3OS/c1-3-12-30(13-4-1)47-48-40-19-11-20-42(46(40)51-47)49(35-23-25-45-39(29-35)36-18-9-10-21-44(36)52-45)34-22-24-41-38(28-34)37-26-31-14-7-8-15-32(31)27-43(37)50(41)33-16-5-2-6-17-33/h1-29H. The Bertz CT molecular complexity index is 3140. The van der Waals surface area contributed by atoms with Crippen LogP contribution < -0.4 is 4.90 Å². The molecule has 244 valence electrons. The number of fused-ring (bicyclic) bond motifs is 8. The average Bonchev–Trinajstić information content (AvgIpc) is 3.90. The van der Waals surface area contributed by atoms with E-state index in [9.17, 15) is 0 Å². The summed E-state index contributed by atoms with van der Waals surface area (Å²) in [6.45, 7) is 0. The van der Waals surface area contributed by atoms with E-state index in [4.69, 9.17) is 9.40 Å². The summed E-state index contributed by atoms with van der Waals surface area (Å²) in [6.07, 6.45) is 0. The molecule has 0 bridgehead atoms. The van der Waals surface area contributed by atoms with E-state index >= 15 is 0 Å². The molecule has 0 N–H and O–H groups in total. The molecular weight excluding hydrogens is 655 g/mol. The van der Waals surface area contributed by atoms with Gasteiger partial charge in [0.1, 0.15) is 5.52 Å². The number of hydrogen-bond acceptors (Lipinski definition) is 4. The van der Waals surface area contributed by atoms with Crippen LogP contribution in [-0.4, -0.2) is 9.55 Å². The SMILES string of the molecule is c1ccc(-c2nc3cccc(N(c4ccc5sc6ccccc6c5c4)c4ccc5c(c4)c4cc6ccccc6cc4n5-c4ccccc4)c3o2)cc1. The highest BCUT2D eigenvalue weighted by molar-refractivity contribution is 7.25. The first kappa shape index (κ1) is 29.1. The molecule has 0 aliphatic heterocycles. The van der Waals surface area contributed by atoms with Gasteiger partial charge in [-0.25, -0.2) is 4.98 Å². The maximum atomic E-state index is 6.66. The zero-order valence-electron chi connectivity index (χ0n) is 27.9. The zero-order chi connectivity index (χ0) is 34.2. The van der Waals surface area contributed by atoms with Gasteiger partial charge in [-0.3, -0.25) is 0 Å². The number of para-hydroxylation sites is 2. The van der Waals surface area contributed by atoms with Crippen LogP contribution in [-0.2, 0) is 0 Å². The van der Waals surface area contributed by atoms with Gasteiger partial charge in [0.15, 0.2) is 5.58 Å². The topological polar surface area (TPSA) is 34.2 Å². The van der Waals surface area contributed by atoms with Crippen molar-refractivity contribution in [1.82, 2.24) is 9.55 Å². The van der Waals surface area contributed by atoms with Crippen molar-refractivity contribution in [3.05, 3.63) is 176 Å². The summed E-state index contributed by atoms with van der Waals surface area (Å²) in [4.78, 5) is 7.29. The molecule has 4 nitrogen and oxygen atoms in total. The van der Waals surface area contributed by atoms with Crippen LogP contribution in [0.5, 0.6) is 0 Å². The molecule has 3 aromatic heterocycles. The maximum Gasteiger partial charge on any atom is 0.227 e. The molecule has 8 aromatic carbocycles. The van der Waals surface area contributed by atoms with Gasteiger partial charge in [-0.15, -0.1) is 11.3 Å². The first-order valence-corrected chi connectivity index (χ1v) is 18.3. The number of thiophene rings is 1. The van der Waals surface area contributed by atoms with Gasteiger partial charge in [0, 0.05) is 53.6 Å². The van der Waals surface area contributed by atoms with E-state index in [0.29, 0.717) is 5.89 Å². The fourth-order valence-corrected chi connectivity index (χ4v) is 8.87. The fraction of sp³-hybridized carbons (Fsp3) is 0. The molecule has 0 saturated heterocycles. The lowest BCUT2D eigenvalue weighted by Crippen LogP contribution is -2.10. The molecule has 0 atom stereocenters. The molecule has 52 heavy (non-hydrogen) atoms. The Morgan fingerprint density at radius 1 is 0.500 bits per heavy atom. The molecule has 0 saturated carbocycles. The molecular formula is C47H29N3OS. The summed E-state index contributed by atoms with van der Waals surface area (Å²) in [5.74, 6) is 0.607. The van der Waals surface area contributed by atoms with E-state index in [-0.39, 0.29) is 0 Å². The highest BCUT2D eigenvalue weighted by atomic mass is 32.1. The van der Waals surface area contributed by atoms with Crippen molar-refractivity contribution < 1.29 is 4.42 Å². The lowest BCUT2D eigenvalue weighted by Gasteiger charge is -2.25. The molecule has 0 aliphatic carbocycles. The van der Waals surface area contributed by atoms with Crippen molar-refractivity contribution >= 4 is 92.2 Å². The summed E-state index contributed by atoms with van der Waals surface area (Å²) in [7, 11) is 0. The lowest BCUT2D eigenvalue weighted by atomic mass is 10.1. The first-order valence-electron chi connectivity index (χ1n) is 17.5. The zero-order valence-corrected chi connectivity index (χ0v) is 28.7. The molecule has 0 amide bonds. The smallest absolute Gasteiger partial charge is 0.227 e. The molecule has 11 rings (SSSR count). The number of rotatable bonds is 5. The van der Waals surface area contributed by atoms with Gasteiger partial charge in [0.25, 0.3) is 0 Å². The molecule has 0 spiro atoms. The molecule has 3 heterocycles. The van der Waals surface area contributed by atoms with Crippen molar-refractivity contribution in [1.29, 1.82) is 0 Å². The van der Waals surface area contributed by atoms with Gasteiger partial charge in [-0.2, -0.15) is 0 Å². The van der Waals surface area contributed by atoms with E-state index in [1.54, 1.807) is 0 Å². The van der Waals surface area contributed by atoms with Crippen LogP contribution in [0.3, 0.4) is 0 Å². The van der Waals surface area contributed by atoms with Crippen molar-refractivity contribution in [2.75, 3.05) is 4.90 Å². The van der Waals surface area contributed by atoms with Crippen LogP contribution in [0.1, 0.15) is 0 Å². The third-order valence-electron chi connectivity index (χ3n) is 10.2. The Morgan fingerprint density at radius 2 is 1.17 bits per heavy atom. The second kappa shape index (κ2) is 11.4. The van der Waals surface area contributed by atoms with Crippen LogP contribution in [0.2, 0.25) is 0 Å². The van der Waals surface area contributed by atoms with Gasteiger partial charge in [0.2, 0.25) is 5.89 Å². The Hall–Kier alpha value is -6.69. The highest BCUT2D eigenvalue weighted by Crippen LogP contribution is 2.45. The minimum Gasteiger partial charge on any atom is -0.434 e. The van der Waals surface area contributed by atoms with E-state index in [1.807, 2.05) is 47.7 Å². The third kappa shape index (κ3) is 4.50. The number of hydrogen-bond donors (Lipinski definition) is 0. The van der Waals surface area contributed by atoms with Gasteiger partial charge >= 0.3 is 0 Å². The van der Waals surface area contributed by atoms with Crippen LogP contribution in [0, 0.1) is 0 Å². The van der Waals surface area contributed by atoms with Crippen LogP contribution >= 0.6 is 11.3 Å². The molecule has 0 unspecified atom stereocenters. The average molecular weight is 684 g/mol. The minimum absolute atomic E-state index is 0.607. The Kier molecular flexibility index (Phi) is 6.39. The maximum absolute atomic E-state index is 6.66. The van der Waals surface area contributed by atoms with E-state index in [1.165, 1.54) is 47.2 Å². The highest BCUT2D eigenvalue weighted by Gasteiger charge is 2.22. The Labute approximate surface area is 303 Å². The number of anilines is 3. The van der Waals surface area contributed by atoms with Gasteiger partial charge in [0.05, 0.1) is 16.7 Å². The first-order chi connectivity index (χ1) is 25.8. The van der Waals surface area contributed by atoms with Crippen LogP contribution in [0.15, 0.2) is 180 Å². The van der Waals surface area contributed by atoms with E-state index in [2.05, 4.69) is 149 Å². The molecule has 0 aliphatic rings. The Morgan fingerprint density at radius 3 is 2.02 bits per heavy atom. The monoisotopic (exact) mass is 683 g/mol. The van der Waals surface area contributed by atoms with Gasteiger partial charge in [-0.05, 0) is 102 Å². The minimum atomic E-state index is 0.607. The third-order valence-corrected chi connectivity index (χ3v) is 11.3. The second-order valence-corrected chi connectivity index (χ2v) is 14.3. The second-order valence-electron chi connectivity index (χ2n) is 13.2. The van der Waals surface area contributed by atoms with E-state index in [0.717, 1.165) is 44.9 Å². The summed E-state index contributed by atoms with van der Waals surface area (Å²) >= 11 is 1.83. The van der Waals surface area contributed by atoms with E-state index < -0.39 is 0 Å². The molecule has 0 fully saturated rings. The van der Waals surface area contributed by atoms with Crippen molar-refractivity contribution in [2.45, 2.75) is 0 Å². The Balaban J connectivity index is 1.20. The lowest BCUT2D eigenvalue weighted by molar-refractivity contribution is 0.620. The number of oxazole rings is 1. The number of aromatic nitrogens is 2. The van der Waals surface area contributed by atoms with Crippen molar-refractivity contribution in [2.24, 2.45) is 0 Å². The fourth-order valence-electron chi connectivity index (χ4n) is 7.78. The molecule has 0 radical (unpaired) electrons. The molecule has 11 aromatic rings. The summed E-state index contributed by atoms with van der Waals surface area (Å²) in [5.41, 5.74) is 9.01. The summed E-state index contributed by atoms with van der Waals surface area (Å²) in [6, 6.07) is 62.6. The largest absolute Gasteiger partial charge is 0.434 e. The van der Waals surface area contributed by atoms with Crippen LogP contribution in [0.4, 0.5) is 17.1 Å². The summed E-state index contributed by atoms with van der Waals surface area (Å²) < 4.78 is 11.6. The predicted octanol–water partition coefficient (Wildman–Crippen LogP) is 13.6. The number of nitrogens with zero attached hydrogens (tertiary/aromatic N) is 3. The quantitative estimate of drug-likeness (QED) is 0.181. The van der Waals surface area contributed by atoms with Crippen molar-refractivity contribution in [3.8, 4) is 17.1 Å². The molecule has 5 heteroatoms. The normalized spacial score (nSPS) is 11.8. The van der Waals surface area contributed by atoms with Crippen molar-refractivity contribution in [3.63, 3.8) is 0 Å². The van der Waals surface area contributed by atoms with Crippen LogP contribution in [0.25, 0.3) is 81.0 Å².